The van der Waals surface area contributed by atoms with Gasteiger partial charge in [-0.1, -0.05) is 12.1 Å². The largest absolute Gasteiger partial charge is 0.481 e. The molecule has 0 aliphatic carbocycles. The van der Waals surface area contributed by atoms with E-state index in [4.69, 9.17) is 10.4 Å². The van der Waals surface area contributed by atoms with E-state index in [0.29, 0.717) is 11.1 Å². The van der Waals surface area contributed by atoms with Gasteiger partial charge in [-0.25, -0.2) is 0 Å². The number of rotatable bonds is 2. The fourth-order valence-corrected chi connectivity index (χ4v) is 1.07. The van der Waals surface area contributed by atoms with Crippen LogP contribution in [0.5, 0.6) is 0 Å². The van der Waals surface area contributed by atoms with Gasteiger partial charge in [-0.05, 0) is 24.1 Å². The third-order valence-electron chi connectivity index (χ3n) is 1.78. The van der Waals surface area contributed by atoms with Crippen molar-refractivity contribution in [3.05, 3.63) is 34.9 Å². The number of nitrogens with zero attached hydrogens (tertiary/aromatic N) is 1. The number of hydrogen-bond donors (Lipinski definition) is 1. The van der Waals surface area contributed by atoms with Gasteiger partial charge in [-0.3, -0.25) is 4.79 Å². The maximum Gasteiger partial charge on any atom is 0.307 e. The van der Waals surface area contributed by atoms with E-state index in [2.05, 4.69) is 0 Å². The quantitative estimate of drug-likeness (QED) is 0.740. The van der Waals surface area contributed by atoms with Gasteiger partial charge in [0.2, 0.25) is 0 Å². The Labute approximate surface area is 76.2 Å². The Hall–Kier alpha value is -1.82. The molecule has 0 atom stereocenters. The Bertz CT molecular complexity index is 377. The molecule has 3 heteroatoms. The van der Waals surface area contributed by atoms with Crippen molar-refractivity contribution in [1.29, 1.82) is 5.26 Å². The van der Waals surface area contributed by atoms with Crippen LogP contribution in [0.1, 0.15) is 16.7 Å². The first kappa shape index (κ1) is 9.27. The number of hydrogen-bond acceptors (Lipinski definition) is 2. The van der Waals surface area contributed by atoms with Crippen molar-refractivity contribution in [3.63, 3.8) is 0 Å². The zero-order chi connectivity index (χ0) is 9.84. The molecule has 1 aromatic carbocycles. The molecule has 0 unspecified atom stereocenters. The molecule has 66 valence electrons. The molecule has 1 rings (SSSR count). The topological polar surface area (TPSA) is 61.1 Å². The molecular formula is C10H9NO2. The molecule has 0 saturated carbocycles. The van der Waals surface area contributed by atoms with Crippen molar-refractivity contribution in [1.82, 2.24) is 0 Å². The summed E-state index contributed by atoms with van der Waals surface area (Å²) in [5.41, 5.74) is 2.07. The standard InChI is InChI=1S/C10H9NO2/c1-7-2-3-8(5-10(12)13)4-9(7)6-11/h2-4H,5H2,1H3,(H,12,13). The zero-order valence-electron chi connectivity index (χ0n) is 7.24. The van der Waals surface area contributed by atoms with Crippen LogP contribution < -0.4 is 0 Å². The Balaban J connectivity index is 3.01. The summed E-state index contributed by atoms with van der Waals surface area (Å²) in [5, 5.41) is 17.2. The second kappa shape index (κ2) is 3.72. The highest BCUT2D eigenvalue weighted by Crippen LogP contribution is 2.10. The number of carbonyl (C=O) groups is 1. The van der Waals surface area contributed by atoms with E-state index in [9.17, 15) is 4.79 Å². The minimum absolute atomic E-state index is 0.0328. The smallest absolute Gasteiger partial charge is 0.307 e. The molecule has 0 bridgehead atoms. The molecule has 3 nitrogen and oxygen atoms in total. The molecule has 0 saturated heterocycles. The van der Waals surface area contributed by atoms with Crippen LogP contribution in [0.2, 0.25) is 0 Å². The van der Waals surface area contributed by atoms with E-state index in [1.807, 2.05) is 13.0 Å². The van der Waals surface area contributed by atoms with Crippen molar-refractivity contribution >= 4 is 5.97 Å². The lowest BCUT2D eigenvalue weighted by Gasteiger charge is -2.00. The molecule has 0 heterocycles. The normalized spacial score (nSPS) is 9.23. The Morgan fingerprint density at radius 3 is 2.85 bits per heavy atom. The highest BCUT2D eigenvalue weighted by molar-refractivity contribution is 5.70. The fourth-order valence-electron chi connectivity index (χ4n) is 1.07. The van der Waals surface area contributed by atoms with Gasteiger partial charge < -0.3 is 5.11 Å². The van der Waals surface area contributed by atoms with E-state index < -0.39 is 5.97 Å². The van der Waals surface area contributed by atoms with Crippen LogP contribution in [-0.4, -0.2) is 11.1 Å². The summed E-state index contributed by atoms with van der Waals surface area (Å²) in [6.45, 7) is 1.82. The summed E-state index contributed by atoms with van der Waals surface area (Å²) in [4.78, 5) is 10.4. The van der Waals surface area contributed by atoms with Crippen LogP contribution in [0.4, 0.5) is 0 Å². The molecular weight excluding hydrogens is 166 g/mol. The monoisotopic (exact) mass is 175 g/mol. The number of carboxylic acid groups (broad SMARTS) is 1. The summed E-state index contributed by atoms with van der Waals surface area (Å²) >= 11 is 0. The number of carboxylic acids is 1. The lowest BCUT2D eigenvalue weighted by molar-refractivity contribution is -0.136. The fraction of sp³-hybridized carbons (Fsp3) is 0.200. The average molecular weight is 175 g/mol. The first-order valence-corrected chi connectivity index (χ1v) is 3.85. The summed E-state index contributed by atoms with van der Waals surface area (Å²) < 4.78 is 0. The molecule has 0 spiro atoms. The van der Waals surface area contributed by atoms with Gasteiger partial charge >= 0.3 is 5.97 Å². The third kappa shape index (κ3) is 2.31. The molecule has 0 amide bonds. The van der Waals surface area contributed by atoms with E-state index in [0.717, 1.165) is 5.56 Å². The van der Waals surface area contributed by atoms with Crippen molar-refractivity contribution in [2.45, 2.75) is 13.3 Å². The first-order valence-electron chi connectivity index (χ1n) is 3.85. The van der Waals surface area contributed by atoms with Crippen molar-refractivity contribution in [2.75, 3.05) is 0 Å². The number of aliphatic carboxylic acids is 1. The summed E-state index contributed by atoms with van der Waals surface area (Å²) in [6, 6.07) is 7.12. The maximum atomic E-state index is 10.4. The van der Waals surface area contributed by atoms with Crippen molar-refractivity contribution in [3.8, 4) is 6.07 Å². The van der Waals surface area contributed by atoms with Gasteiger partial charge in [0, 0.05) is 0 Å². The van der Waals surface area contributed by atoms with Crippen LogP contribution in [0.15, 0.2) is 18.2 Å². The highest BCUT2D eigenvalue weighted by atomic mass is 16.4. The van der Waals surface area contributed by atoms with E-state index >= 15 is 0 Å². The Morgan fingerprint density at radius 2 is 2.31 bits per heavy atom. The molecule has 0 radical (unpaired) electrons. The van der Waals surface area contributed by atoms with Gasteiger partial charge in [-0.2, -0.15) is 5.26 Å². The number of benzene rings is 1. The van der Waals surface area contributed by atoms with E-state index in [-0.39, 0.29) is 6.42 Å². The van der Waals surface area contributed by atoms with Crippen LogP contribution in [0.3, 0.4) is 0 Å². The number of aryl methyl sites for hydroxylation is 1. The lowest BCUT2D eigenvalue weighted by atomic mass is 10.0. The van der Waals surface area contributed by atoms with Crippen LogP contribution >= 0.6 is 0 Å². The minimum atomic E-state index is -0.882. The predicted molar refractivity (Wildman–Crippen MR) is 47.2 cm³/mol. The summed E-state index contributed by atoms with van der Waals surface area (Å²) in [6.07, 6.45) is -0.0328. The molecule has 0 fully saturated rings. The van der Waals surface area contributed by atoms with Crippen molar-refractivity contribution < 1.29 is 9.90 Å². The van der Waals surface area contributed by atoms with Gasteiger partial charge in [0.05, 0.1) is 18.1 Å². The van der Waals surface area contributed by atoms with Crippen LogP contribution in [0.25, 0.3) is 0 Å². The van der Waals surface area contributed by atoms with E-state index in [1.165, 1.54) is 0 Å². The molecule has 0 aliphatic heterocycles. The van der Waals surface area contributed by atoms with Crippen LogP contribution in [-0.2, 0) is 11.2 Å². The predicted octanol–water partition coefficient (Wildman–Crippen LogP) is 1.49. The molecule has 0 aliphatic rings. The Morgan fingerprint density at radius 1 is 1.62 bits per heavy atom. The highest BCUT2D eigenvalue weighted by Gasteiger charge is 2.02. The van der Waals surface area contributed by atoms with Gasteiger partial charge in [-0.15, -0.1) is 0 Å². The first-order chi connectivity index (χ1) is 6.13. The zero-order valence-corrected chi connectivity index (χ0v) is 7.24. The second-order valence-corrected chi connectivity index (χ2v) is 2.83. The molecule has 1 N–H and O–H groups in total. The molecule has 13 heavy (non-hydrogen) atoms. The van der Waals surface area contributed by atoms with Gasteiger partial charge in [0.25, 0.3) is 0 Å². The Kier molecular flexibility index (Phi) is 2.65. The lowest BCUT2D eigenvalue weighted by Crippen LogP contribution is -2.00. The average Bonchev–Trinajstić information content (AvgIpc) is 2.07. The minimum Gasteiger partial charge on any atom is -0.481 e. The van der Waals surface area contributed by atoms with Gasteiger partial charge in [0.15, 0.2) is 0 Å². The van der Waals surface area contributed by atoms with Crippen molar-refractivity contribution in [2.24, 2.45) is 0 Å². The van der Waals surface area contributed by atoms with Gasteiger partial charge in [0.1, 0.15) is 0 Å². The van der Waals surface area contributed by atoms with Crippen LogP contribution in [0, 0.1) is 18.3 Å². The maximum absolute atomic E-state index is 10.4. The second-order valence-electron chi connectivity index (χ2n) is 2.83. The number of nitriles is 1. The third-order valence-corrected chi connectivity index (χ3v) is 1.78. The molecule has 0 aromatic heterocycles. The molecule has 1 aromatic rings. The summed E-state index contributed by atoms with van der Waals surface area (Å²) in [7, 11) is 0. The summed E-state index contributed by atoms with van der Waals surface area (Å²) in [5.74, 6) is -0.882. The SMILES string of the molecule is Cc1ccc(CC(=O)O)cc1C#N. The van der Waals surface area contributed by atoms with E-state index in [1.54, 1.807) is 18.2 Å².